The molecule has 0 amide bonds. The first-order chi connectivity index (χ1) is 10.4. The van der Waals surface area contributed by atoms with Crippen molar-refractivity contribution < 1.29 is 0 Å². The van der Waals surface area contributed by atoms with Gasteiger partial charge in [-0.25, -0.2) is 9.67 Å². The Bertz CT molecular complexity index is 856. The summed E-state index contributed by atoms with van der Waals surface area (Å²) in [6.45, 7) is 8.12. The number of fused-ring (bicyclic) bond motifs is 1. The average molecular weight is 296 g/mol. The van der Waals surface area contributed by atoms with Gasteiger partial charge in [-0.05, 0) is 33.3 Å². The first-order valence-electron chi connectivity index (χ1n) is 7.40. The summed E-state index contributed by atoms with van der Waals surface area (Å²) in [5, 5.41) is 4.90. The summed E-state index contributed by atoms with van der Waals surface area (Å²) in [5.74, 6) is 0. The lowest BCUT2D eigenvalue weighted by atomic mass is 10.1. The van der Waals surface area contributed by atoms with Gasteiger partial charge in [-0.15, -0.1) is 0 Å². The minimum atomic E-state index is -0.210. The van der Waals surface area contributed by atoms with Crippen molar-refractivity contribution >= 4 is 11.0 Å². The molecule has 0 unspecified atom stereocenters. The Labute approximate surface area is 129 Å². The molecule has 0 radical (unpaired) electrons. The van der Waals surface area contributed by atoms with Gasteiger partial charge in [0.2, 0.25) is 0 Å². The Morgan fingerprint density at radius 3 is 2.45 bits per heavy atom. The van der Waals surface area contributed by atoms with Crippen molar-refractivity contribution in [1.29, 1.82) is 0 Å². The smallest absolute Gasteiger partial charge is 0.265 e. The highest BCUT2D eigenvalue weighted by Crippen LogP contribution is 2.20. The first kappa shape index (κ1) is 14.5. The van der Waals surface area contributed by atoms with E-state index in [0.29, 0.717) is 11.0 Å². The molecule has 0 saturated heterocycles. The van der Waals surface area contributed by atoms with E-state index < -0.39 is 0 Å². The predicted octanol–water partition coefficient (Wildman–Crippen LogP) is 2.96. The van der Waals surface area contributed by atoms with Crippen molar-refractivity contribution in [3.05, 3.63) is 58.8 Å². The van der Waals surface area contributed by atoms with E-state index in [1.54, 1.807) is 21.8 Å². The van der Waals surface area contributed by atoms with Crippen molar-refractivity contribution in [2.24, 2.45) is 0 Å². The van der Waals surface area contributed by atoms with E-state index in [9.17, 15) is 4.79 Å². The van der Waals surface area contributed by atoms with E-state index in [4.69, 9.17) is 0 Å². The summed E-state index contributed by atoms with van der Waals surface area (Å²) in [6, 6.07) is 9.87. The lowest BCUT2D eigenvalue weighted by Gasteiger charge is -2.20. The van der Waals surface area contributed by atoms with Gasteiger partial charge in [0.1, 0.15) is 11.7 Å². The van der Waals surface area contributed by atoms with Crippen LogP contribution in [0.4, 0.5) is 0 Å². The second kappa shape index (κ2) is 5.09. The van der Waals surface area contributed by atoms with Gasteiger partial charge in [0.05, 0.1) is 17.8 Å². The Hall–Kier alpha value is -2.43. The second-order valence-electron chi connectivity index (χ2n) is 6.51. The van der Waals surface area contributed by atoms with Crippen molar-refractivity contribution in [2.75, 3.05) is 0 Å². The molecule has 0 N–H and O–H groups in total. The number of nitrogens with zero attached hydrogens (tertiary/aromatic N) is 4. The second-order valence-corrected chi connectivity index (χ2v) is 6.51. The number of hydrogen-bond acceptors (Lipinski definition) is 3. The van der Waals surface area contributed by atoms with Crippen LogP contribution in [-0.2, 0) is 5.54 Å². The van der Waals surface area contributed by atoms with Gasteiger partial charge in [-0.3, -0.25) is 9.36 Å². The van der Waals surface area contributed by atoms with Crippen molar-refractivity contribution in [2.45, 2.75) is 39.3 Å². The lowest BCUT2D eigenvalue weighted by molar-refractivity contribution is 0.365. The molecule has 2 aromatic heterocycles. The van der Waals surface area contributed by atoms with Crippen LogP contribution in [0.3, 0.4) is 0 Å². The van der Waals surface area contributed by atoms with Gasteiger partial charge in [-0.2, -0.15) is 5.10 Å². The zero-order valence-corrected chi connectivity index (χ0v) is 13.3. The van der Waals surface area contributed by atoms with Crippen LogP contribution in [0.25, 0.3) is 11.0 Å². The normalized spacial score (nSPS) is 13.5. The van der Waals surface area contributed by atoms with Crippen molar-refractivity contribution in [1.82, 2.24) is 19.3 Å². The highest BCUT2D eigenvalue weighted by Gasteiger charge is 2.20. The number of rotatable bonds is 2. The molecule has 2 heterocycles. The molecule has 114 valence electrons. The largest absolute Gasteiger partial charge is 0.291 e. The van der Waals surface area contributed by atoms with Crippen LogP contribution in [0.5, 0.6) is 0 Å². The third kappa shape index (κ3) is 2.32. The molecule has 5 nitrogen and oxygen atoms in total. The third-order valence-electron chi connectivity index (χ3n) is 3.85. The van der Waals surface area contributed by atoms with Gasteiger partial charge in [0.25, 0.3) is 5.56 Å². The Morgan fingerprint density at radius 1 is 1.14 bits per heavy atom. The van der Waals surface area contributed by atoms with Crippen molar-refractivity contribution in [3.63, 3.8) is 0 Å². The lowest BCUT2D eigenvalue weighted by Crippen LogP contribution is -2.26. The maximum Gasteiger partial charge on any atom is 0.265 e. The number of benzene rings is 1. The summed E-state index contributed by atoms with van der Waals surface area (Å²) in [7, 11) is 0. The maximum absolute atomic E-state index is 12.8. The van der Waals surface area contributed by atoms with Crippen molar-refractivity contribution in [3.8, 4) is 0 Å². The zero-order valence-electron chi connectivity index (χ0n) is 13.3. The molecule has 0 spiro atoms. The van der Waals surface area contributed by atoms with Gasteiger partial charge in [-0.1, -0.05) is 30.3 Å². The predicted molar refractivity (Wildman–Crippen MR) is 87.0 cm³/mol. The van der Waals surface area contributed by atoms with E-state index >= 15 is 0 Å². The average Bonchev–Trinajstić information content (AvgIpc) is 2.93. The summed E-state index contributed by atoms with van der Waals surface area (Å²) in [5.41, 5.74) is 1.44. The Morgan fingerprint density at radius 2 is 1.82 bits per heavy atom. The molecule has 3 aromatic rings. The Balaban J connectivity index is 2.14. The van der Waals surface area contributed by atoms with Crippen LogP contribution >= 0.6 is 0 Å². The van der Waals surface area contributed by atoms with Crippen LogP contribution in [0.15, 0.2) is 47.7 Å². The third-order valence-corrected chi connectivity index (χ3v) is 3.85. The minimum absolute atomic E-state index is 0.0585. The van der Waals surface area contributed by atoms with Crippen LogP contribution in [0.1, 0.15) is 39.3 Å². The molecular formula is C17H20N4O. The quantitative estimate of drug-likeness (QED) is 0.730. The van der Waals surface area contributed by atoms with Crippen LogP contribution in [0.2, 0.25) is 0 Å². The molecule has 5 heteroatoms. The fourth-order valence-electron chi connectivity index (χ4n) is 2.58. The molecule has 0 fully saturated rings. The summed E-state index contributed by atoms with van der Waals surface area (Å²) >= 11 is 0. The number of hydrogen-bond donors (Lipinski definition) is 0. The fraction of sp³-hybridized carbons (Fsp3) is 0.353. The maximum atomic E-state index is 12.8. The van der Waals surface area contributed by atoms with E-state index in [0.717, 1.165) is 5.56 Å². The fourth-order valence-corrected chi connectivity index (χ4v) is 2.58. The highest BCUT2D eigenvalue weighted by molar-refractivity contribution is 5.73. The van der Waals surface area contributed by atoms with E-state index in [-0.39, 0.29) is 17.1 Å². The Kier molecular flexibility index (Phi) is 3.35. The number of aromatic nitrogens is 4. The highest BCUT2D eigenvalue weighted by atomic mass is 16.1. The van der Waals surface area contributed by atoms with Crippen LogP contribution in [0, 0.1) is 0 Å². The molecule has 3 rings (SSSR count). The van der Waals surface area contributed by atoms with Gasteiger partial charge in [0, 0.05) is 0 Å². The van der Waals surface area contributed by atoms with E-state index in [1.807, 2.05) is 58.0 Å². The molecule has 1 atom stereocenters. The molecule has 0 aliphatic rings. The van der Waals surface area contributed by atoms with E-state index in [2.05, 4.69) is 10.1 Å². The monoisotopic (exact) mass is 296 g/mol. The minimum Gasteiger partial charge on any atom is -0.291 e. The summed E-state index contributed by atoms with van der Waals surface area (Å²) in [6.07, 6.45) is 3.23. The topological polar surface area (TPSA) is 52.7 Å². The molecule has 1 aromatic carbocycles. The SMILES string of the molecule is C[C@@H](c1ccccc1)n1cnc2c(cnn2C(C)(C)C)c1=O. The van der Waals surface area contributed by atoms with Crippen LogP contribution in [-0.4, -0.2) is 19.3 Å². The first-order valence-corrected chi connectivity index (χ1v) is 7.40. The molecule has 0 bridgehead atoms. The van der Waals surface area contributed by atoms with Crippen LogP contribution < -0.4 is 5.56 Å². The molecule has 22 heavy (non-hydrogen) atoms. The zero-order chi connectivity index (χ0) is 15.9. The van der Waals surface area contributed by atoms with E-state index in [1.165, 1.54) is 0 Å². The van der Waals surface area contributed by atoms with Gasteiger partial charge in [0.15, 0.2) is 5.65 Å². The molecular weight excluding hydrogens is 276 g/mol. The van der Waals surface area contributed by atoms with Gasteiger partial charge >= 0.3 is 0 Å². The summed E-state index contributed by atoms with van der Waals surface area (Å²) < 4.78 is 3.45. The summed E-state index contributed by atoms with van der Waals surface area (Å²) in [4.78, 5) is 17.2. The molecule has 0 aliphatic heterocycles. The standard InChI is InChI=1S/C17H20N4O/c1-12(13-8-6-5-7-9-13)20-11-18-15-14(16(20)22)10-19-21(15)17(2,3)4/h5-12H,1-4H3/t12-/m0/s1. The molecule has 0 saturated carbocycles. The molecule has 0 aliphatic carbocycles. The van der Waals surface area contributed by atoms with Gasteiger partial charge < -0.3 is 0 Å².